The molecule has 14 heteroatoms. The van der Waals surface area contributed by atoms with Crippen LogP contribution in [0.15, 0.2) is 114 Å². The van der Waals surface area contributed by atoms with E-state index >= 15 is 0 Å². The lowest BCUT2D eigenvalue weighted by atomic mass is 10.1. The number of anilines is 2. The second-order valence-corrected chi connectivity index (χ2v) is 11.4. The smallest absolute Gasteiger partial charge is 0.408 e. The summed E-state index contributed by atoms with van der Waals surface area (Å²) in [5.74, 6) is -0.753. The number of carbonyl (C=O) groups excluding carboxylic acids is 2. The summed E-state index contributed by atoms with van der Waals surface area (Å²) < 4.78 is 1.34. The Morgan fingerprint density at radius 1 is 0.680 bits per heavy atom. The van der Waals surface area contributed by atoms with Crippen LogP contribution in [-0.2, 0) is 22.7 Å². The van der Waals surface area contributed by atoms with Crippen molar-refractivity contribution in [3.63, 3.8) is 0 Å². The number of aromatic nitrogens is 3. The maximum Gasteiger partial charge on any atom is 0.408 e. The van der Waals surface area contributed by atoms with Crippen molar-refractivity contribution >= 4 is 35.4 Å². The second-order valence-electron chi connectivity index (χ2n) is 11.4. The molecule has 1 heterocycles. The summed E-state index contributed by atoms with van der Waals surface area (Å²) in [6.07, 6.45) is -2.45. The fraction of sp³-hybridized carbons (Fsp3) is 0.167. The quantitative estimate of drug-likeness (QED) is 0.118. The molecule has 4 amide bonds. The topological polar surface area (TPSA) is 190 Å². The number of H-pyrrole nitrogens is 1. The average Bonchev–Trinajstić information content (AvgIpc) is 3.51. The molecule has 5 aromatic rings. The van der Waals surface area contributed by atoms with Crippen molar-refractivity contribution < 1.29 is 29.4 Å². The molecule has 5 N–H and O–H groups in total. The normalized spacial score (nSPS) is 12.0. The Kier molecular flexibility index (Phi) is 10.7. The largest absolute Gasteiger partial charge is 0.465 e. The fourth-order valence-electron chi connectivity index (χ4n) is 5.20. The van der Waals surface area contributed by atoms with E-state index in [0.717, 1.165) is 20.9 Å². The molecule has 0 saturated carbocycles. The highest BCUT2D eigenvalue weighted by atomic mass is 16.4. The maximum absolute atomic E-state index is 13.0. The summed E-state index contributed by atoms with van der Waals surface area (Å²) in [5, 5.41) is 31.5. The van der Waals surface area contributed by atoms with Crippen molar-refractivity contribution in [1.82, 2.24) is 24.6 Å². The van der Waals surface area contributed by atoms with Gasteiger partial charge in [0.15, 0.2) is 5.82 Å². The van der Waals surface area contributed by atoms with Gasteiger partial charge in [0.05, 0.1) is 5.69 Å². The minimum atomic E-state index is -1.23. The van der Waals surface area contributed by atoms with Crippen LogP contribution < -0.4 is 16.3 Å². The monoisotopic (exact) mass is 677 g/mol. The Labute approximate surface area is 286 Å². The Morgan fingerprint density at radius 3 is 1.52 bits per heavy atom. The maximum atomic E-state index is 13.0. The van der Waals surface area contributed by atoms with Crippen LogP contribution in [0.4, 0.5) is 21.0 Å². The van der Waals surface area contributed by atoms with Gasteiger partial charge in [-0.05, 0) is 73.5 Å². The average molecular weight is 678 g/mol. The van der Waals surface area contributed by atoms with E-state index in [0.29, 0.717) is 22.6 Å². The number of aromatic amines is 1. The molecule has 0 unspecified atom stereocenters. The molecule has 0 aliphatic heterocycles. The van der Waals surface area contributed by atoms with Crippen LogP contribution in [0.5, 0.6) is 0 Å². The van der Waals surface area contributed by atoms with Crippen molar-refractivity contribution in [1.29, 1.82) is 0 Å². The van der Waals surface area contributed by atoms with Gasteiger partial charge in [-0.3, -0.25) is 19.4 Å². The van der Waals surface area contributed by atoms with Crippen molar-refractivity contribution in [2.24, 2.45) is 0 Å². The summed E-state index contributed by atoms with van der Waals surface area (Å²) in [4.78, 5) is 64.7. The zero-order chi connectivity index (χ0) is 35.8. The Bertz CT molecular complexity index is 2010. The van der Waals surface area contributed by atoms with Gasteiger partial charge in [-0.15, -0.1) is 0 Å². The van der Waals surface area contributed by atoms with Crippen LogP contribution in [0.25, 0.3) is 17.1 Å². The summed E-state index contributed by atoms with van der Waals surface area (Å²) >= 11 is 0. The van der Waals surface area contributed by atoms with Crippen molar-refractivity contribution in [3.8, 4) is 17.1 Å². The summed E-state index contributed by atoms with van der Waals surface area (Å²) in [5.41, 5.74) is 2.79. The Hall–Kier alpha value is -6.70. The SMILES string of the molecule is C[C@@H](C(=O)Nc1ccc(-c2n[nH]c(=O)n2-c2ccc(NC(=O)[C@H](C)N(Cc3ccccc3)C(=O)O)cc2)cc1)N(Cc1ccccc1)C(=O)O. The molecule has 14 nitrogen and oxygen atoms in total. The van der Waals surface area contributed by atoms with Gasteiger partial charge in [-0.25, -0.2) is 24.0 Å². The summed E-state index contributed by atoms with van der Waals surface area (Å²) in [7, 11) is 0. The van der Waals surface area contributed by atoms with Gasteiger partial charge in [0, 0.05) is 30.0 Å². The number of benzene rings is 4. The number of nitrogens with zero attached hydrogens (tertiary/aromatic N) is 4. The van der Waals surface area contributed by atoms with Gasteiger partial charge in [-0.2, -0.15) is 5.10 Å². The molecule has 0 bridgehead atoms. The van der Waals surface area contributed by atoms with Crippen LogP contribution >= 0.6 is 0 Å². The first-order valence-electron chi connectivity index (χ1n) is 15.6. The zero-order valence-electron chi connectivity index (χ0n) is 27.2. The van der Waals surface area contributed by atoms with E-state index in [1.807, 2.05) is 12.1 Å². The van der Waals surface area contributed by atoms with Crippen LogP contribution in [0, 0.1) is 0 Å². The number of hydrogen-bond donors (Lipinski definition) is 5. The predicted octanol–water partition coefficient (Wildman–Crippen LogP) is 5.24. The van der Waals surface area contributed by atoms with Crippen LogP contribution in [0.3, 0.4) is 0 Å². The lowest BCUT2D eigenvalue weighted by Gasteiger charge is -2.25. The molecule has 1 aromatic heterocycles. The molecule has 0 saturated heterocycles. The summed E-state index contributed by atoms with van der Waals surface area (Å²) in [6.45, 7) is 3.11. The molecule has 0 aliphatic rings. The van der Waals surface area contributed by atoms with Crippen LogP contribution in [0.1, 0.15) is 25.0 Å². The number of carbonyl (C=O) groups is 4. The van der Waals surface area contributed by atoms with Gasteiger partial charge in [0.1, 0.15) is 12.1 Å². The lowest BCUT2D eigenvalue weighted by Crippen LogP contribution is -2.44. The van der Waals surface area contributed by atoms with E-state index < -0.39 is 41.8 Å². The van der Waals surface area contributed by atoms with Crippen LogP contribution in [0.2, 0.25) is 0 Å². The number of amides is 4. The van der Waals surface area contributed by atoms with Crippen molar-refractivity contribution in [2.75, 3.05) is 10.6 Å². The lowest BCUT2D eigenvalue weighted by molar-refractivity contribution is -0.121. The molecule has 5 rings (SSSR count). The van der Waals surface area contributed by atoms with Crippen LogP contribution in [-0.4, -0.2) is 70.9 Å². The fourth-order valence-corrected chi connectivity index (χ4v) is 5.20. The number of nitrogens with one attached hydrogen (secondary N) is 3. The number of carboxylic acid groups (broad SMARTS) is 2. The zero-order valence-corrected chi connectivity index (χ0v) is 27.2. The Balaban J connectivity index is 1.25. The van der Waals surface area contributed by atoms with E-state index in [4.69, 9.17) is 0 Å². The van der Waals surface area contributed by atoms with E-state index in [2.05, 4.69) is 20.8 Å². The van der Waals surface area contributed by atoms with Gasteiger partial charge in [0.25, 0.3) is 0 Å². The molecule has 0 fully saturated rings. The van der Waals surface area contributed by atoms with E-state index in [1.54, 1.807) is 97.1 Å². The minimum Gasteiger partial charge on any atom is -0.465 e. The van der Waals surface area contributed by atoms with E-state index in [9.17, 15) is 34.2 Å². The first kappa shape index (κ1) is 34.6. The van der Waals surface area contributed by atoms with Gasteiger partial charge in [0.2, 0.25) is 11.8 Å². The van der Waals surface area contributed by atoms with Gasteiger partial charge < -0.3 is 20.8 Å². The third-order valence-corrected chi connectivity index (χ3v) is 8.05. The molecule has 0 radical (unpaired) electrons. The van der Waals surface area contributed by atoms with Gasteiger partial charge >= 0.3 is 17.9 Å². The van der Waals surface area contributed by atoms with Crippen molar-refractivity contribution in [3.05, 3.63) is 131 Å². The first-order chi connectivity index (χ1) is 24.0. The van der Waals surface area contributed by atoms with Crippen molar-refractivity contribution in [2.45, 2.75) is 39.0 Å². The molecule has 2 atom stereocenters. The Morgan fingerprint density at radius 2 is 1.10 bits per heavy atom. The van der Waals surface area contributed by atoms with Gasteiger partial charge in [-0.1, -0.05) is 60.7 Å². The molecule has 0 aliphatic carbocycles. The summed E-state index contributed by atoms with van der Waals surface area (Å²) in [6, 6.07) is 28.9. The van der Waals surface area contributed by atoms with E-state index in [1.165, 1.54) is 18.4 Å². The molecule has 0 spiro atoms. The minimum absolute atomic E-state index is 0.0421. The number of hydrogen-bond acceptors (Lipinski definition) is 6. The third-order valence-electron chi connectivity index (χ3n) is 8.05. The van der Waals surface area contributed by atoms with E-state index in [-0.39, 0.29) is 18.9 Å². The first-order valence-corrected chi connectivity index (χ1v) is 15.6. The highest BCUT2D eigenvalue weighted by molar-refractivity contribution is 5.97. The highest BCUT2D eigenvalue weighted by Gasteiger charge is 2.27. The molecular formula is C36H35N7O7. The molecule has 4 aromatic carbocycles. The molecule has 256 valence electrons. The standard InChI is InChI=1S/C36H35N7O7/c1-23(41(35(47)48)21-25-9-5-3-6-10-25)32(44)37-28-15-13-27(14-16-28)31-39-40-34(46)43(31)30-19-17-29(18-20-30)38-33(45)24(2)42(36(49)50)22-26-11-7-4-8-12-26/h3-20,23-24H,21-22H2,1-2H3,(H,37,44)(H,38,45)(H,40,46)(H,47,48)(H,49,50)/t23-,24-/m0/s1. The third kappa shape index (κ3) is 8.23. The molecule has 50 heavy (non-hydrogen) atoms. The number of rotatable bonds is 12. The predicted molar refractivity (Wildman–Crippen MR) is 186 cm³/mol. The highest BCUT2D eigenvalue weighted by Crippen LogP contribution is 2.23. The second kappa shape index (κ2) is 15.5. The molecular weight excluding hydrogens is 642 g/mol.